The first-order valence-electron chi connectivity index (χ1n) is 13.4. The molecule has 0 radical (unpaired) electrons. The van der Waals surface area contributed by atoms with Gasteiger partial charge < -0.3 is 15.1 Å². The van der Waals surface area contributed by atoms with E-state index in [2.05, 4.69) is 20.4 Å². The molecule has 4 aromatic rings. The number of hydrogen-bond acceptors (Lipinski definition) is 7. The normalized spacial score (nSPS) is 18.8. The molecule has 12 nitrogen and oxygen atoms in total. The molecule has 5 heterocycles. The van der Waals surface area contributed by atoms with Gasteiger partial charge in [0.15, 0.2) is 0 Å². The first-order valence-corrected chi connectivity index (χ1v) is 14.1. The maximum absolute atomic E-state index is 14.1. The van der Waals surface area contributed by atoms with Gasteiger partial charge in [-0.25, -0.2) is 14.3 Å². The second-order valence-electron chi connectivity index (χ2n) is 10.4. The molecule has 1 aromatic carbocycles. The van der Waals surface area contributed by atoms with Gasteiger partial charge in [-0.2, -0.15) is 10.2 Å². The number of carbonyl (C=O) groups is 3. The summed E-state index contributed by atoms with van der Waals surface area (Å²) in [7, 11) is 1.56. The van der Waals surface area contributed by atoms with Gasteiger partial charge >= 0.3 is 0 Å². The molecule has 2 aliphatic rings. The first-order chi connectivity index (χ1) is 20.2. The number of halogens is 2. The zero-order chi connectivity index (χ0) is 29.7. The lowest BCUT2D eigenvalue weighted by atomic mass is 9.96. The van der Waals surface area contributed by atoms with Crippen LogP contribution in [0.5, 0.6) is 0 Å². The number of benzene rings is 1. The van der Waals surface area contributed by atoms with Gasteiger partial charge in [0.1, 0.15) is 24.4 Å². The van der Waals surface area contributed by atoms with Gasteiger partial charge in [-0.1, -0.05) is 23.2 Å². The molecular formula is C28H27Cl2N9O3. The fraction of sp³-hybridized carbons (Fsp3) is 0.321. The van der Waals surface area contributed by atoms with Crippen LogP contribution in [-0.4, -0.2) is 76.7 Å². The van der Waals surface area contributed by atoms with E-state index in [1.54, 1.807) is 52.3 Å². The van der Waals surface area contributed by atoms with E-state index in [-0.39, 0.29) is 41.9 Å². The molecule has 2 aliphatic heterocycles. The van der Waals surface area contributed by atoms with Crippen LogP contribution in [0.3, 0.4) is 0 Å². The summed E-state index contributed by atoms with van der Waals surface area (Å²) in [6.07, 6.45) is 5.09. The monoisotopic (exact) mass is 607 g/mol. The molecule has 3 amide bonds. The molecule has 0 bridgehead atoms. The Bertz CT molecular complexity index is 1690. The van der Waals surface area contributed by atoms with Crippen LogP contribution in [0.4, 0.5) is 0 Å². The van der Waals surface area contributed by atoms with Gasteiger partial charge in [-0.3, -0.25) is 19.4 Å². The van der Waals surface area contributed by atoms with Gasteiger partial charge in [0.2, 0.25) is 5.91 Å². The molecule has 3 aromatic heterocycles. The zero-order valence-electron chi connectivity index (χ0n) is 23.0. The van der Waals surface area contributed by atoms with Crippen LogP contribution in [0.25, 0.3) is 5.69 Å². The second kappa shape index (κ2) is 10.8. The summed E-state index contributed by atoms with van der Waals surface area (Å²) in [6.45, 7) is 4.07. The van der Waals surface area contributed by atoms with Crippen molar-refractivity contribution in [2.75, 3.05) is 13.6 Å². The lowest BCUT2D eigenvalue weighted by Gasteiger charge is -2.37. The van der Waals surface area contributed by atoms with Crippen molar-refractivity contribution in [2.45, 2.75) is 44.9 Å². The third kappa shape index (κ3) is 4.70. The number of fused-ring (bicyclic) bond motifs is 3. The van der Waals surface area contributed by atoms with E-state index >= 15 is 0 Å². The Hall–Kier alpha value is -4.29. The molecule has 6 rings (SSSR count). The van der Waals surface area contributed by atoms with Crippen LogP contribution in [0.2, 0.25) is 10.0 Å². The molecule has 3 atom stereocenters. The molecule has 0 spiro atoms. The lowest BCUT2D eigenvalue weighted by molar-refractivity contribution is -0.125. The molecule has 0 aliphatic carbocycles. The summed E-state index contributed by atoms with van der Waals surface area (Å²) in [5.74, 6) is -0.790. The summed E-state index contributed by atoms with van der Waals surface area (Å²) in [5, 5.41) is 12.2. The molecule has 0 saturated heterocycles. The van der Waals surface area contributed by atoms with E-state index in [1.807, 2.05) is 26.0 Å². The van der Waals surface area contributed by atoms with Crippen molar-refractivity contribution < 1.29 is 14.4 Å². The molecule has 0 unspecified atom stereocenters. The molecule has 14 heteroatoms. The Kier molecular flexibility index (Phi) is 7.19. The highest BCUT2D eigenvalue weighted by atomic mass is 35.5. The van der Waals surface area contributed by atoms with E-state index in [1.165, 1.54) is 11.0 Å². The molecule has 42 heavy (non-hydrogen) atoms. The number of nitrogens with zero attached hydrogens (tertiary/aromatic N) is 8. The third-order valence-electron chi connectivity index (χ3n) is 7.90. The minimum absolute atomic E-state index is 0.112. The summed E-state index contributed by atoms with van der Waals surface area (Å²) >= 11 is 12.2. The van der Waals surface area contributed by atoms with Crippen LogP contribution < -0.4 is 5.32 Å². The van der Waals surface area contributed by atoms with Gasteiger partial charge in [-0.05, 0) is 44.2 Å². The number of amides is 3. The Balaban J connectivity index is 1.35. The SMILES string of the molecule is CNC(=O)[C@@H]1CN([C@H](C)c2ccc(-n3cncn3)cn2)C(=O)c2c3c(nn21)C[C@@H](C)N(C(=O)c1ccc(Cl)c(Cl)c1)C3. The fourth-order valence-corrected chi connectivity index (χ4v) is 5.84. The van der Waals surface area contributed by atoms with Crippen LogP contribution in [0, 0.1) is 0 Å². The quantitative estimate of drug-likeness (QED) is 0.368. The summed E-state index contributed by atoms with van der Waals surface area (Å²) in [6, 6.07) is 7.02. The van der Waals surface area contributed by atoms with E-state index in [4.69, 9.17) is 28.3 Å². The van der Waals surface area contributed by atoms with Crippen LogP contribution in [0.15, 0.2) is 49.2 Å². The minimum atomic E-state index is -0.750. The average molecular weight is 608 g/mol. The third-order valence-corrected chi connectivity index (χ3v) is 8.63. The summed E-state index contributed by atoms with van der Waals surface area (Å²) in [4.78, 5) is 52.6. The second-order valence-corrected chi connectivity index (χ2v) is 11.2. The fourth-order valence-electron chi connectivity index (χ4n) is 5.54. The number of pyridine rings is 1. The zero-order valence-corrected chi connectivity index (χ0v) is 24.5. The van der Waals surface area contributed by atoms with Crippen molar-refractivity contribution in [3.8, 4) is 5.69 Å². The summed E-state index contributed by atoms with van der Waals surface area (Å²) < 4.78 is 3.11. The number of likely N-dealkylation sites (N-methyl/N-ethyl adjacent to an activating group) is 1. The van der Waals surface area contributed by atoms with Crippen LogP contribution in [-0.2, 0) is 17.8 Å². The molecule has 216 valence electrons. The Morgan fingerprint density at radius 3 is 2.62 bits per heavy atom. The van der Waals surface area contributed by atoms with Crippen molar-refractivity contribution in [3.63, 3.8) is 0 Å². The van der Waals surface area contributed by atoms with Crippen LogP contribution >= 0.6 is 23.2 Å². The first kappa shape index (κ1) is 27.9. The number of carbonyl (C=O) groups excluding carboxylic acids is 3. The predicted octanol–water partition coefficient (Wildman–Crippen LogP) is 3.26. The number of rotatable bonds is 5. The minimum Gasteiger partial charge on any atom is -0.357 e. The van der Waals surface area contributed by atoms with E-state index < -0.39 is 12.1 Å². The van der Waals surface area contributed by atoms with Crippen LogP contribution in [0.1, 0.15) is 63.7 Å². The van der Waals surface area contributed by atoms with Crippen molar-refractivity contribution >= 4 is 40.9 Å². The van der Waals surface area contributed by atoms with Crippen molar-refractivity contribution in [1.82, 2.24) is 44.6 Å². The molecular weight excluding hydrogens is 581 g/mol. The van der Waals surface area contributed by atoms with E-state index in [0.29, 0.717) is 39.7 Å². The predicted molar refractivity (Wildman–Crippen MR) is 153 cm³/mol. The van der Waals surface area contributed by atoms with Gasteiger partial charge in [0.05, 0.1) is 52.4 Å². The molecule has 1 N–H and O–H groups in total. The largest absolute Gasteiger partial charge is 0.357 e. The maximum atomic E-state index is 14.1. The maximum Gasteiger partial charge on any atom is 0.273 e. The van der Waals surface area contributed by atoms with Gasteiger partial charge in [-0.15, -0.1) is 0 Å². The van der Waals surface area contributed by atoms with Crippen molar-refractivity contribution in [2.24, 2.45) is 0 Å². The highest BCUT2D eigenvalue weighted by Crippen LogP contribution is 2.35. The van der Waals surface area contributed by atoms with Crippen molar-refractivity contribution in [1.29, 1.82) is 0 Å². The topological polar surface area (TPSA) is 131 Å². The van der Waals surface area contributed by atoms with Gasteiger partial charge in [0, 0.05) is 30.6 Å². The number of hydrogen-bond donors (Lipinski definition) is 1. The Morgan fingerprint density at radius 2 is 1.95 bits per heavy atom. The van der Waals surface area contributed by atoms with E-state index in [0.717, 1.165) is 5.69 Å². The highest BCUT2D eigenvalue weighted by molar-refractivity contribution is 6.42. The Labute approximate surface area is 251 Å². The Morgan fingerprint density at radius 1 is 1.14 bits per heavy atom. The molecule has 0 saturated carbocycles. The summed E-state index contributed by atoms with van der Waals surface area (Å²) in [5.41, 5.74) is 3.40. The smallest absolute Gasteiger partial charge is 0.273 e. The molecule has 0 fully saturated rings. The van der Waals surface area contributed by atoms with E-state index in [9.17, 15) is 14.4 Å². The lowest BCUT2D eigenvalue weighted by Crippen LogP contribution is -2.49. The van der Waals surface area contributed by atoms with Gasteiger partial charge in [0.25, 0.3) is 11.8 Å². The number of nitrogens with one attached hydrogen (secondary N) is 1. The van der Waals surface area contributed by atoms with Crippen molar-refractivity contribution in [3.05, 3.63) is 87.4 Å². The standard InChI is InChI=1S/C28H27Cl2N9O3/c1-15-8-23-19(11-36(15)27(41)17-4-6-20(29)21(30)9-17)25-28(42)37(12-24(26(40)31-3)39(25)35-23)16(2)22-7-5-18(10-33-22)38-14-32-13-34-38/h4-7,9-10,13-16,24H,8,11-12H2,1-3H3,(H,31,40)/t15-,16-,24+/m1/s1. The highest BCUT2D eigenvalue weighted by Gasteiger charge is 2.43. The number of aromatic nitrogens is 6. The average Bonchev–Trinajstić information content (AvgIpc) is 3.66.